The number of carbonyl (C=O) groups excluding carboxylic acids is 9. The largest absolute Gasteiger partial charge is 0.458 e. The second kappa shape index (κ2) is 24.6. The van der Waals surface area contributed by atoms with E-state index in [9.17, 15) is 53.1 Å². The van der Waals surface area contributed by atoms with Gasteiger partial charge in [-0.1, -0.05) is 57.5 Å². The minimum atomic E-state index is -2.05. The molecule has 7 N–H and O–H groups in total. The molecule has 4 heterocycles. The first kappa shape index (κ1) is 55.8. The van der Waals surface area contributed by atoms with Crippen LogP contribution in [0.3, 0.4) is 0 Å². The Morgan fingerprint density at radius 3 is 2.36 bits per heavy atom. The summed E-state index contributed by atoms with van der Waals surface area (Å²) in [7, 11) is 0. The van der Waals surface area contributed by atoms with Gasteiger partial charge in [0.1, 0.15) is 31.8 Å². The number of halogens is 1. The van der Waals surface area contributed by atoms with Crippen LogP contribution in [0.15, 0.2) is 47.3 Å². The van der Waals surface area contributed by atoms with Gasteiger partial charge in [0.05, 0.1) is 54.7 Å². The molecule has 2 aromatic heterocycles. The van der Waals surface area contributed by atoms with Crippen LogP contribution in [-0.4, -0.2) is 119 Å². The molecule has 22 nitrogen and oxygen atoms in total. The first-order valence-corrected chi connectivity index (χ1v) is 25.2. The number of carbonyl (C=O) groups is 9. The number of amides is 8. The summed E-state index contributed by atoms with van der Waals surface area (Å²) in [6, 6.07) is 9.83. The number of ether oxygens (including phenoxy) is 2. The number of fused-ring (bicyclic) bond motifs is 5. The number of hydrogen-bond acceptors (Lipinski definition) is 14. The van der Waals surface area contributed by atoms with Gasteiger partial charge in [-0.15, -0.1) is 0 Å². The molecule has 3 aliphatic rings. The van der Waals surface area contributed by atoms with Crippen LogP contribution in [0, 0.1) is 18.7 Å². The standard InChI is InChI=1S/C53H62FN9O13/c1-5-53(74)35-19-40-48-33(24-63(40)51(72)34(35)25-76-52(53)73)47-37(16-15-32-30(4)36(54)20-38(61-48)46(32)47)59-45(69)26-75-27-58-43(67)22-57-49(70)39(18-31-12-8-6-9-13-31)60-44(68)23-56-42(66)21-55-41(65)14-10-7-11-17-62(28-64)50(71)29(2)3/h6,8-9,12-13,19-20,28-29,37,39,74H,5,7,10-11,14-18,21-27H2,1-4H3,(H,55,65)(H,56,66)(H,57,70)(H,58,67)(H,59,69)(H,60,68)/t37-,39-,53-/m0/s1. The Kier molecular flexibility index (Phi) is 18.1. The fraction of sp³-hybridized carbons (Fsp3) is 0.453. The number of hydrogen-bond donors (Lipinski definition) is 7. The fourth-order valence-corrected chi connectivity index (χ4v) is 9.67. The molecule has 4 aromatic rings. The number of cyclic esters (lactones) is 1. The summed E-state index contributed by atoms with van der Waals surface area (Å²) in [5, 5.41) is 27.4. The van der Waals surface area contributed by atoms with Crippen LogP contribution in [0.2, 0.25) is 0 Å². The molecule has 0 spiro atoms. The third-order valence-electron chi connectivity index (χ3n) is 13.8. The lowest BCUT2D eigenvalue weighted by molar-refractivity contribution is -0.172. The highest BCUT2D eigenvalue weighted by molar-refractivity contribution is 5.95. The smallest absolute Gasteiger partial charge is 0.343 e. The van der Waals surface area contributed by atoms with Crippen molar-refractivity contribution >= 4 is 64.6 Å². The van der Waals surface area contributed by atoms with Gasteiger partial charge in [-0.2, -0.15) is 0 Å². The molecule has 2 aliphatic heterocycles. The highest BCUT2D eigenvalue weighted by atomic mass is 19.1. The minimum Gasteiger partial charge on any atom is -0.458 e. The number of aliphatic hydroxyl groups is 1. The summed E-state index contributed by atoms with van der Waals surface area (Å²) < 4.78 is 27.5. The highest BCUT2D eigenvalue weighted by Gasteiger charge is 2.46. The lowest BCUT2D eigenvalue weighted by Gasteiger charge is -2.31. The Morgan fingerprint density at radius 2 is 1.63 bits per heavy atom. The number of aryl methyl sites for hydroxylation is 1. The van der Waals surface area contributed by atoms with Crippen molar-refractivity contribution in [1.29, 1.82) is 0 Å². The molecule has 0 bridgehead atoms. The molecule has 0 radical (unpaired) electrons. The Balaban J connectivity index is 0.881. The Hall–Kier alpha value is -7.92. The van der Waals surface area contributed by atoms with Crippen LogP contribution in [0.4, 0.5) is 4.39 Å². The van der Waals surface area contributed by atoms with E-state index in [2.05, 4.69) is 31.9 Å². The van der Waals surface area contributed by atoms with Gasteiger partial charge in [-0.3, -0.25) is 48.1 Å². The molecule has 1 aliphatic carbocycles. The lowest BCUT2D eigenvalue weighted by atomic mass is 9.81. The molecular formula is C53H62FN9O13. The van der Waals surface area contributed by atoms with Gasteiger partial charge in [0.15, 0.2) is 5.60 Å². The summed E-state index contributed by atoms with van der Waals surface area (Å²) in [6.07, 6.45) is 2.90. The number of nitrogens with zero attached hydrogens (tertiary/aromatic N) is 3. The summed E-state index contributed by atoms with van der Waals surface area (Å²) in [6.45, 7) is 4.27. The average molecular weight is 1050 g/mol. The average Bonchev–Trinajstić information content (AvgIpc) is 3.78. The zero-order valence-electron chi connectivity index (χ0n) is 42.7. The highest BCUT2D eigenvalue weighted by Crippen LogP contribution is 2.46. The molecule has 76 heavy (non-hydrogen) atoms. The number of nitrogens with one attached hydrogen (secondary N) is 6. The number of benzene rings is 2. The van der Waals surface area contributed by atoms with Gasteiger partial charge in [0.2, 0.25) is 47.8 Å². The van der Waals surface area contributed by atoms with Gasteiger partial charge < -0.3 is 51.0 Å². The van der Waals surface area contributed by atoms with E-state index in [1.165, 1.54) is 10.6 Å². The zero-order chi connectivity index (χ0) is 54.8. The molecule has 3 atom stereocenters. The molecular weight excluding hydrogens is 990 g/mol. The number of pyridine rings is 2. The normalized spacial score (nSPS) is 16.3. The quantitative estimate of drug-likeness (QED) is 0.0197. The van der Waals surface area contributed by atoms with Crippen molar-refractivity contribution in [1.82, 2.24) is 46.4 Å². The van der Waals surface area contributed by atoms with Gasteiger partial charge in [0.25, 0.3) is 5.56 Å². The molecule has 0 fully saturated rings. The van der Waals surface area contributed by atoms with Crippen LogP contribution >= 0.6 is 0 Å². The van der Waals surface area contributed by atoms with E-state index in [0.29, 0.717) is 83.1 Å². The van der Waals surface area contributed by atoms with Crippen molar-refractivity contribution in [3.05, 3.63) is 97.6 Å². The fourth-order valence-electron chi connectivity index (χ4n) is 9.67. The molecule has 23 heteroatoms. The van der Waals surface area contributed by atoms with E-state index in [1.54, 1.807) is 64.1 Å². The predicted molar refractivity (Wildman–Crippen MR) is 270 cm³/mol. The Bertz CT molecular complexity index is 3020. The maximum Gasteiger partial charge on any atom is 0.343 e. The van der Waals surface area contributed by atoms with Crippen LogP contribution in [0.5, 0.6) is 0 Å². The van der Waals surface area contributed by atoms with Crippen molar-refractivity contribution in [3.8, 4) is 11.4 Å². The summed E-state index contributed by atoms with van der Waals surface area (Å²) in [5.74, 6) is -5.65. The van der Waals surface area contributed by atoms with Crippen molar-refractivity contribution in [2.24, 2.45) is 5.92 Å². The lowest BCUT2D eigenvalue weighted by Crippen LogP contribution is -2.52. The van der Waals surface area contributed by atoms with Gasteiger partial charge in [-0.25, -0.2) is 14.2 Å². The Morgan fingerprint density at radius 1 is 0.921 bits per heavy atom. The monoisotopic (exact) mass is 1050 g/mol. The van der Waals surface area contributed by atoms with E-state index >= 15 is 4.39 Å². The third kappa shape index (κ3) is 12.6. The zero-order valence-corrected chi connectivity index (χ0v) is 42.7. The Labute approximate surface area is 436 Å². The minimum absolute atomic E-state index is 0.0363. The molecule has 404 valence electrons. The molecule has 2 aromatic carbocycles. The van der Waals surface area contributed by atoms with Gasteiger partial charge >= 0.3 is 5.97 Å². The summed E-state index contributed by atoms with van der Waals surface area (Å²) >= 11 is 0. The number of esters is 1. The molecule has 0 saturated carbocycles. The van der Waals surface area contributed by atoms with E-state index in [4.69, 9.17) is 14.5 Å². The van der Waals surface area contributed by atoms with Crippen molar-refractivity contribution in [2.45, 2.75) is 110 Å². The van der Waals surface area contributed by atoms with Crippen LogP contribution in [0.1, 0.15) is 104 Å². The van der Waals surface area contributed by atoms with Crippen LogP contribution < -0.4 is 37.5 Å². The third-order valence-corrected chi connectivity index (χ3v) is 13.8. The molecule has 0 unspecified atom stereocenters. The first-order valence-electron chi connectivity index (χ1n) is 25.2. The van der Waals surface area contributed by atoms with Gasteiger partial charge in [0, 0.05) is 47.9 Å². The number of imide groups is 1. The topological polar surface area (TPSA) is 303 Å². The first-order chi connectivity index (χ1) is 36.3. The van der Waals surface area contributed by atoms with Crippen molar-refractivity contribution in [3.63, 3.8) is 0 Å². The van der Waals surface area contributed by atoms with Crippen molar-refractivity contribution in [2.75, 3.05) is 39.5 Å². The van der Waals surface area contributed by atoms with E-state index < -0.39 is 103 Å². The van der Waals surface area contributed by atoms with Crippen molar-refractivity contribution < 1.29 is 62.1 Å². The predicted octanol–water partition coefficient (Wildman–Crippen LogP) is 0.998. The second-order valence-corrected chi connectivity index (χ2v) is 19.2. The summed E-state index contributed by atoms with van der Waals surface area (Å²) in [5.41, 5.74) is 1.84. The number of aromatic nitrogens is 2. The van der Waals surface area contributed by atoms with E-state index in [-0.39, 0.29) is 61.9 Å². The SMILES string of the molecule is CC[C@@]1(O)C(=O)OCc2c1cc1n(c2=O)Cc2c-1nc1cc(F)c(C)c3c1c2[C@@H](NC(=O)COCNC(=O)CNC(=O)[C@H](Cc1ccccc1)NC(=O)CNC(=O)CNC(=O)CCCCCN(C=O)C(=O)C(C)C)CC3. The number of unbranched alkanes of at least 4 members (excludes halogenated alkanes) is 2. The summed E-state index contributed by atoms with van der Waals surface area (Å²) in [4.78, 5) is 133. The van der Waals surface area contributed by atoms with E-state index in [1.807, 2.05) is 0 Å². The molecule has 7 rings (SSSR count). The maximum absolute atomic E-state index is 15.4. The second-order valence-electron chi connectivity index (χ2n) is 19.2. The van der Waals surface area contributed by atoms with Crippen LogP contribution in [0.25, 0.3) is 22.3 Å². The van der Waals surface area contributed by atoms with E-state index in [0.717, 1.165) is 10.5 Å². The maximum atomic E-state index is 15.4. The molecule has 8 amide bonds. The number of rotatable bonds is 24. The van der Waals surface area contributed by atoms with Crippen LogP contribution in [-0.2, 0) is 84.2 Å². The molecule has 0 saturated heterocycles. The van der Waals surface area contributed by atoms with Gasteiger partial charge in [-0.05, 0) is 67.3 Å².